The minimum absolute atomic E-state index is 0.141. The van der Waals surface area contributed by atoms with E-state index in [1.807, 2.05) is 24.4 Å². The van der Waals surface area contributed by atoms with E-state index in [4.69, 9.17) is 9.05 Å². The molecule has 1 N–H and O–H groups in total. The molecule has 1 aliphatic carbocycles. The summed E-state index contributed by atoms with van der Waals surface area (Å²) in [5.74, 6) is -1.74. The van der Waals surface area contributed by atoms with Gasteiger partial charge < -0.3 is 14.4 Å². The number of alkyl halides is 3. The summed E-state index contributed by atoms with van der Waals surface area (Å²) in [6, 6.07) is 10.5. The molecule has 2 aromatic rings. The number of amides is 1. The number of carbonyl (C=O) groups is 1. The van der Waals surface area contributed by atoms with Crippen LogP contribution in [0.25, 0.3) is 11.1 Å². The Morgan fingerprint density at radius 1 is 1.12 bits per heavy atom. The van der Waals surface area contributed by atoms with Gasteiger partial charge in [-0.05, 0) is 55.5 Å². The Bertz CT molecular complexity index is 1090. The molecule has 0 heterocycles. The van der Waals surface area contributed by atoms with Crippen LogP contribution in [0.15, 0.2) is 48.6 Å². The monoisotopic (exact) mass is 481 g/mol. The van der Waals surface area contributed by atoms with Gasteiger partial charge in [0.05, 0.1) is 24.4 Å². The van der Waals surface area contributed by atoms with Crippen molar-refractivity contribution in [1.82, 2.24) is 5.32 Å². The third-order valence-corrected chi connectivity index (χ3v) is 7.41. The third-order valence-electron chi connectivity index (χ3n) is 5.27. The van der Waals surface area contributed by atoms with Gasteiger partial charge >= 0.3 is 13.8 Å². The molecule has 0 fully saturated rings. The number of rotatable bonds is 9. The molecule has 3 rings (SSSR count). The summed E-state index contributed by atoms with van der Waals surface area (Å²) in [6.45, 7) is 4.13. The van der Waals surface area contributed by atoms with Gasteiger partial charge in [0.25, 0.3) is 0 Å². The minimum atomic E-state index is -4.53. The van der Waals surface area contributed by atoms with E-state index in [-0.39, 0.29) is 13.2 Å². The van der Waals surface area contributed by atoms with Gasteiger partial charge in [-0.1, -0.05) is 42.5 Å². The van der Waals surface area contributed by atoms with Crippen LogP contribution in [0.4, 0.5) is 13.2 Å². The van der Waals surface area contributed by atoms with E-state index in [0.717, 1.165) is 5.56 Å². The standard InChI is InChI=1S/C24H27F3NO4P/c1-4-7-10-16-13-19-21(20(14-16)33(30,31-5-2)32-6-3)17-11-8-9-12-18(17)22(19)23(29)28-15-24(25,26)27/h4,7-9,11-14,22H,5-6,10,15H2,1-3H3,(H,28,29). The molecular formula is C24H27F3NO4P. The van der Waals surface area contributed by atoms with Crippen molar-refractivity contribution in [3.8, 4) is 11.1 Å². The molecular weight excluding hydrogens is 454 g/mol. The molecule has 2 aromatic carbocycles. The van der Waals surface area contributed by atoms with Crippen LogP contribution in [-0.4, -0.2) is 31.8 Å². The number of allylic oxidation sites excluding steroid dienone is 2. The maximum Gasteiger partial charge on any atom is 0.405 e. The zero-order valence-corrected chi connectivity index (χ0v) is 19.6. The van der Waals surface area contributed by atoms with E-state index in [9.17, 15) is 22.5 Å². The van der Waals surface area contributed by atoms with Crippen LogP contribution in [-0.2, 0) is 24.8 Å². The van der Waals surface area contributed by atoms with Crippen LogP contribution < -0.4 is 10.6 Å². The summed E-state index contributed by atoms with van der Waals surface area (Å²) in [6.07, 6.45) is -0.282. The lowest BCUT2D eigenvalue weighted by Crippen LogP contribution is -2.36. The van der Waals surface area contributed by atoms with Crippen molar-refractivity contribution in [2.24, 2.45) is 0 Å². The second kappa shape index (κ2) is 10.2. The summed E-state index contributed by atoms with van der Waals surface area (Å²) < 4.78 is 63.4. The Balaban J connectivity index is 2.25. The lowest BCUT2D eigenvalue weighted by Gasteiger charge is -2.22. The molecule has 0 aromatic heterocycles. The molecule has 178 valence electrons. The first kappa shape index (κ1) is 25.2. The van der Waals surface area contributed by atoms with E-state index in [2.05, 4.69) is 0 Å². The summed E-state index contributed by atoms with van der Waals surface area (Å²) in [7, 11) is -3.76. The highest BCUT2D eigenvalue weighted by Gasteiger charge is 2.41. The zero-order chi connectivity index (χ0) is 24.2. The fraction of sp³-hybridized carbons (Fsp3) is 0.375. The van der Waals surface area contributed by atoms with E-state index >= 15 is 0 Å². The predicted molar refractivity (Wildman–Crippen MR) is 122 cm³/mol. The van der Waals surface area contributed by atoms with Crippen molar-refractivity contribution < 1.29 is 31.6 Å². The first-order valence-corrected chi connectivity index (χ1v) is 12.3. The fourth-order valence-electron chi connectivity index (χ4n) is 4.05. The highest BCUT2D eigenvalue weighted by Crippen LogP contribution is 2.54. The molecule has 5 nitrogen and oxygen atoms in total. The maximum atomic E-state index is 13.8. The number of carbonyl (C=O) groups excluding carboxylic acids is 1. The van der Waals surface area contributed by atoms with Crippen molar-refractivity contribution in [3.05, 3.63) is 65.2 Å². The smallest absolute Gasteiger partial charge is 0.346 e. The van der Waals surface area contributed by atoms with Gasteiger partial charge in [-0.25, -0.2) is 0 Å². The average Bonchev–Trinajstić information content (AvgIpc) is 3.09. The highest BCUT2D eigenvalue weighted by molar-refractivity contribution is 7.62. The second-order valence-corrected chi connectivity index (χ2v) is 9.53. The minimum Gasteiger partial charge on any atom is -0.346 e. The number of hydrogen-bond acceptors (Lipinski definition) is 4. The number of nitrogens with one attached hydrogen (secondary N) is 1. The first-order valence-electron chi connectivity index (χ1n) is 10.8. The normalized spacial score (nSPS) is 15.5. The summed E-state index contributed by atoms with van der Waals surface area (Å²) in [5.41, 5.74) is 2.95. The lowest BCUT2D eigenvalue weighted by atomic mass is 9.94. The number of fused-ring (bicyclic) bond motifs is 3. The Morgan fingerprint density at radius 3 is 2.39 bits per heavy atom. The van der Waals surface area contributed by atoms with Gasteiger partial charge in [0.15, 0.2) is 0 Å². The number of benzene rings is 2. The van der Waals surface area contributed by atoms with Crippen LogP contribution >= 0.6 is 7.60 Å². The largest absolute Gasteiger partial charge is 0.405 e. The molecule has 1 unspecified atom stereocenters. The van der Waals surface area contributed by atoms with Crippen molar-refractivity contribution in [3.63, 3.8) is 0 Å². The Labute approximate surface area is 191 Å². The second-order valence-electron chi connectivity index (χ2n) is 7.54. The van der Waals surface area contributed by atoms with E-state index in [0.29, 0.717) is 34.0 Å². The molecule has 0 bridgehead atoms. The van der Waals surface area contributed by atoms with Crippen LogP contribution in [0.5, 0.6) is 0 Å². The van der Waals surface area contributed by atoms with Gasteiger partial charge in [0, 0.05) is 5.56 Å². The summed E-state index contributed by atoms with van der Waals surface area (Å²) in [5, 5.41) is 2.33. The van der Waals surface area contributed by atoms with Gasteiger partial charge in [-0.3, -0.25) is 9.36 Å². The quantitative estimate of drug-likeness (QED) is 0.380. The van der Waals surface area contributed by atoms with Crippen molar-refractivity contribution >= 4 is 18.8 Å². The van der Waals surface area contributed by atoms with Crippen molar-refractivity contribution in [2.45, 2.75) is 39.3 Å². The molecule has 33 heavy (non-hydrogen) atoms. The summed E-state index contributed by atoms with van der Waals surface area (Å²) in [4.78, 5) is 13.0. The first-order chi connectivity index (χ1) is 15.6. The molecule has 9 heteroatoms. The zero-order valence-electron chi connectivity index (χ0n) is 18.7. The SMILES string of the molecule is CC=CCc1cc2c(c(P(=O)(OCC)OCC)c1)-c1ccccc1C2C(=O)NCC(F)(F)F. The molecule has 1 atom stereocenters. The summed E-state index contributed by atoms with van der Waals surface area (Å²) >= 11 is 0. The molecule has 0 radical (unpaired) electrons. The van der Waals surface area contributed by atoms with Gasteiger partial charge in [-0.15, -0.1) is 0 Å². The van der Waals surface area contributed by atoms with Gasteiger partial charge in [-0.2, -0.15) is 13.2 Å². The topological polar surface area (TPSA) is 64.6 Å². The molecule has 0 saturated carbocycles. The number of halogens is 3. The lowest BCUT2D eigenvalue weighted by molar-refractivity contribution is -0.138. The van der Waals surface area contributed by atoms with Gasteiger partial charge in [0.2, 0.25) is 5.91 Å². The Morgan fingerprint density at radius 2 is 1.79 bits per heavy atom. The average molecular weight is 481 g/mol. The van der Waals surface area contributed by atoms with Crippen LogP contribution in [0.3, 0.4) is 0 Å². The molecule has 0 aliphatic heterocycles. The van der Waals surface area contributed by atoms with Crippen LogP contribution in [0.2, 0.25) is 0 Å². The maximum absolute atomic E-state index is 13.8. The third kappa shape index (κ3) is 5.40. The van der Waals surface area contributed by atoms with E-state index in [1.54, 1.807) is 50.2 Å². The van der Waals surface area contributed by atoms with E-state index in [1.165, 1.54) is 0 Å². The van der Waals surface area contributed by atoms with Crippen LogP contribution in [0, 0.1) is 0 Å². The molecule has 1 amide bonds. The van der Waals surface area contributed by atoms with E-state index < -0.39 is 32.1 Å². The van der Waals surface area contributed by atoms with Gasteiger partial charge in [0.1, 0.15) is 6.54 Å². The predicted octanol–water partition coefficient (Wildman–Crippen LogP) is 5.49. The fourth-order valence-corrected chi connectivity index (χ4v) is 5.93. The van der Waals surface area contributed by atoms with Crippen molar-refractivity contribution in [2.75, 3.05) is 19.8 Å². The highest BCUT2D eigenvalue weighted by atomic mass is 31.2. The van der Waals surface area contributed by atoms with Crippen LogP contribution in [0.1, 0.15) is 43.4 Å². The molecule has 0 spiro atoms. The number of hydrogen-bond donors (Lipinski definition) is 1. The Hall–Kier alpha value is -2.41. The Kier molecular flexibility index (Phi) is 7.83. The molecule has 0 saturated heterocycles. The molecule has 1 aliphatic rings. The van der Waals surface area contributed by atoms with Crippen molar-refractivity contribution in [1.29, 1.82) is 0 Å².